The van der Waals surface area contributed by atoms with Gasteiger partial charge >= 0.3 is 5.69 Å². The maximum atomic E-state index is 13.1. The number of nitrogen functional groups attached to an aromatic ring is 1. The maximum Gasteiger partial charge on any atom is 0.332 e. The summed E-state index contributed by atoms with van der Waals surface area (Å²) in [5.74, 6) is -0.453. The van der Waals surface area contributed by atoms with Crippen molar-refractivity contribution in [3.63, 3.8) is 0 Å². The van der Waals surface area contributed by atoms with Gasteiger partial charge in [-0.2, -0.15) is 0 Å². The molecule has 1 unspecified atom stereocenters. The summed E-state index contributed by atoms with van der Waals surface area (Å²) in [5, 5.41) is 0. The monoisotopic (exact) mass is 400 g/mol. The molecule has 0 spiro atoms. The minimum Gasteiger partial charge on any atom is -0.384 e. The van der Waals surface area contributed by atoms with Gasteiger partial charge in [0.25, 0.3) is 5.56 Å². The molecule has 1 aromatic heterocycles. The smallest absolute Gasteiger partial charge is 0.332 e. The quantitative estimate of drug-likeness (QED) is 0.720. The Hall–Kier alpha value is -2.67. The number of rotatable bonds is 7. The van der Waals surface area contributed by atoms with E-state index in [2.05, 4.69) is 20.8 Å². The van der Waals surface area contributed by atoms with E-state index in [1.165, 1.54) is 4.57 Å². The van der Waals surface area contributed by atoms with Gasteiger partial charge in [0, 0.05) is 12.6 Å². The van der Waals surface area contributed by atoms with Crippen LogP contribution in [0.2, 0.25) is 0 Å². The van der Waals surface area contributed by atoms with E-state index in [1.807, 2.05) is 49.2 Å². The minimum atomic E-state index is -0.624. The highest BCUT2D eigenvalue weighted by atomic mass is 16.2. The van der Waals surface area contributed by atoms with Crippen molar-refractivity contribution in [3.05, 3.63) is 62.3 Å². The number of carbonyl (C=O) groups is 1. The summed E-state index contributed by atoms with van der Waals surface area (Å²) in [6.45, 7) is 10.4. The minimum absolute atomic E-state index is 0.0315. The van der Waals surface area contributed by atoms with Crippen LogP contribution in [0, 0.1) is 5.41 Å². The summed E-state index contributed by atoms with van der Waals surface area (Å²) in [6, 6.07) is 9.45. The van der Waals surface area contributed by atoms with Crippen LogP contribution in [0.25, 0.3) is 0 Å². The van der Waals surface area contributed by atoms with E-state index in [9.17, 15) is 14.4 Å². The average Bonchev–Trinajstić information content (AvgIpc) is 2.65. The Kier molecular flexibility index (Phi) is 6.85. The van der Waals surface area contributed by atoms with E-state index < -0.39 is 11.2 Å². The Labute approximate surface area is 171 Å². The van der Waals surface area contributed by atoms with E-state index in [1.54, 1.807) is 6.92 Å². The predicted octanol–water partition coefficient (Wildman–Crippen LogP) is 2.21. The summed E-state index contributed by atoms with van der Waals surface area (Å²) in [6.07, 6.45) is 0. The van der Waals surface area contributed by atoms with Crippen molar-refractivity contribution in [1.29, 1.82) is 0 Å². The van der Waals surface area contributed by atoms with Gasteiger partial charge in [-0.3, -0.25) is 23.6 Å². The van der Waals surface area contributed by atoms with Crippen LogP contribution in [-0.2, 0) is 13.1 Å². The number of aromatic nitrogens is 2. The SMILES string of the molecule is CCn1c(=O)c(C(=O)CN(C)C(C)C(C)(C)C)c(N)n(Cc2ccccc2)c1=O. The first-order valence-electron chi connectivity index (χ1n) is 9.89. The molecule has 0 fully saturated rings. The number of carbonyl (C=O) groups excluding carboxylic acids is 1. The van der Waals surface area contributed by atoms with Crippen molar-refractivity contribution in [2.24, 2.45) is 5.41 Å². The number of likely N-dealkylation sites (N-methyl/N-ethyl adjacent to an activating group) is 1. The van der Waals surface area contributed by atoms with Crippen LogP contribution in [0.4, 0.5) is 5.82 Å². The third-order valence-electron chi connectivity index (χ3n) is 5.55. The van der Waals surface area contributed by atoms with E-state index in [-0.39, 0.29) is 48.3 Å². The molecule has 7 heteroatoms. The van der Waals surface area contributed by atoms with Crippen LogP contribution in [-0.4, -0.2) is 39.5 Å². The fourth-order valence-corrected chi connectivity index (χ4v) is 3.28. The van der Waals surface area contributed by atoms with Crippen molar-refractivity contribution in [2.45, 2.75) is 53.8 Å². The van der Waals surface area contributed by atoms with Crippen molar-refractivity contribution in [1.82, 2.24) is 14.0 Å². The topological polar surface area (TPSA) is 90.3 Å². The summed E-state index contributed by atoms with van der Waals surface area (Å²) < 4.78 is 2.38. The summed E-state index contributed by atoms with van der Waals surface area (Å²) in [5.41, 5.74) is 5.79. The second-order valence-electron chi connectivity index (χ2n) is 8.54. The Balaban J connectivity index is 2.51. The number of nitrogens with two attached hydrogens (primary N) is 1. The summed E-state index contributed by atoms with van der Waals surface area (Å²) in [4.78, 5) is 40.6. The van der Waals surface area contributed by atoms with Crippen LogP contribution < -0.4 is 17.0 Å². The number of ketones is 1. The molecular weight excluding hydrogens is 368 g/mol. The van der Waals surface area contributed by atoms with Crippen molar-refractivity contribution >= 4 is 11.6 Å². The predicted molar refractivity (Wildman–Crippen MR) is 116 cm³/mol. The van der Waals surface area contributed by atoms with Crippen LogP contribution in [0.1, 0.15) is 50.5 Å². The van der Waals surface area contributed by atoms with E-state index in [4.69, 9.17) is 5.73 Å². The molecule has 1 atom stereocenters. The zero-order chi connectivity index (χ0) is 21.9. The molecule has 0 saturated carbocycles. The fourth-order valence-electron chi connectivity index (χ4n) is 3.28. The lowest BCUT2D eigenvalue weighted by Crippen LogP contribution is -2.46. The first-order valence-corrected chi connectivity index (χ1v) is 9.89. The Morgan fingerprint density at radius 2 is 1.72 bits per heavy atom. The molecule has 7 nitrogen and oxygen atoms in total. The summed E-state index contributed by atoms with van der Waals surface area (Å²) >= 11 is 0. The molecule has 2 N–H and O–H groups in total. The zero-order valence-corrected chi connectivity index (χ0v) is 18.2. The third kappa shape index (κ3) is 4.85. The van der Waals surface area contributed by atoms with Gasteiger partial charge < -0.3 is 5.73 Å². The van der Waals surface area contributed by atoms with E-state index in [0.717, 1.165) is 10.1 Å². The molecular formula is C22H32N4O3. The van der Waals surface area contributed by atoms with Gasteiger partial charge in [-0.25, -0.2) is 4.79 Å². The first kappa shape index (κ1) is 22.6. The molecule has 1 aromatic carbocycles. The van der Waals surface area contributed by atoms with Crippen molar-refractivity contribution in [2.75, 3.05) is 19.3 Å². The Morgan fingerprint density at radius 1 is 1.14 bits per heavy atom. The lowest BCUT2D eigenvalue weighted by atomic mass is 9.87. The van der Waals surface area contributed by atoms with Crippen LogP contribution >= 0.6 is 0 Å². The normalized spacial score (nSPS) is 12.9. The van der Waals surface area contributed by atoms with Gasteiger partial charge in [-0.15, -0.1) is 0 Å². The fraction of sp³-hybridized carbons (Fsp3) is 0.500. The molecule has 0 aliphatic carbocycles. The molecule has 29 heavy (non-hydrogen) atoms. The van der Waals surface area contributed by atoms with Gasteiger partial charge in [0.05, 0.1) is 13.1 Å². The molecule has 0 amide bonds. The molecule has 2 rings (SSSR count). The molecule has 0 aliphatic heterocycles. The van der Waals surface area contributed by atoms with E-state index in [0.29, 0.717) is 0 Å². The lowest BCUT2D eigenvalue weighted by Gasteiger charge is -2.35. The zero-order valence-electron chi connectivity index (χ0n) is 18.2. The first-order chi connectivity index (χ1) is 13.5. The van der Waals surface area contributed by atoms with Gasteiger partial charge in [0.15, 0.2) is 5.78 Å². The largest absolute Gasteiger partial charge is 0.384 e. The Bertz CT molecular complexity index is 984. The van der Waals surface area contributed by atoms with Gasteiger partial charge in [-0.05, 0) is 31.9 Å². The number of nitrogens with zero attached hydrogens (tertiary/aromatic N) is 3. The van der Waals surface area contributed by atoms with Crippen molar-refractivity contribution < 1.29 is 4.79 Å². The number of Topliss-reactive ketones (excluding diaryl/α,β-unsaturated/α-hetero) is 1. The highest BCUT2D eigenvalue weighted by Gasteiger charge is 2.28. The third-order valence-corrected chi connectivity index (χ3v) is 5.55. The number of benzene rings is 1. The molecule has 0 radical (unpaired) electrons. The second kappa shape index (κ2) is 8.78. The molecule has 2 aromatic rings. The number of hydrogen-bond donors (Lipinski definition) is 1. The lowest BCUT2D eigenvalue weighted by molar-refractivity contribution is 0.0851. The maximum absolute atomic E-state index is 13.1. The molecule has 158 valence electrons. The summed E-state index contributed by atoms with van der Waals surface area (Å²) in [7, 11) is 1.85. The molecule has 1 heterocycles. The van der Waals surface area contributed by atoms with E-state index >= 15 is 0 Å². The Morgan fingerprint density at radius 3 is 2.24 bits per heavy atom. The number of anilines is 1. The van der Waals surface area contributed by atoms with Gasteiger partial charge in [-0.1, -0.05) is 51.1 Å². The van der Waals surface area contributed by atoms with Gasteiger partial charge in [0.2, 0.25) is 0 Å². The average molecular weight is 401 g/mol. The molecule has 0 saturated heterocycles. The van der Waals surface area contributed by atoms with Crippen LogP contribution in [0.5, 0.6) is 0 Å². The van der Waals surface area contributed by atoms with Gasteiger partial charge in [0.1, 0.15) is 11.4 Å². The van der Waals surface area contributed by atoms with Crippen LogP contribution in [0.3, 0.4) is 0 Å². The van der Waals surface area contributed by atoms with Crippen molar-refractivity contribution in [3.8, 4) is 0 Å². The molecule has 0 aliphatic rings. The highest BCUT2D eigenvalue weighted by Crippen LogP contribution is 2.23. The second-order valence-corrected chi connectivity index (χ2v) is 8.54. The highest BCUT2D eigenvalue weighted by molar-refractivity contribution is 6.01. The number of hydrogen-bond acceptors (Lipinski definition) is 5. The molecule has 0 bridgehead atoms. The van der Waals surface area contributed by atoms with Crippen LogP contribution in [0.15, 0.2) is 39.9 Å². The standard InChI is InChI=1S/C22H32N4O3/c1-7-25-20(28)18(17(27)14-24(6)15(2)22(3,4)5)19(23)26(21(25)29)13-16-11-9-8-10-12-16/h8-12,15H,7,13-14,23H2,1-6H3.